The molecule has 1 rings (SSSR count). The van der Waals surface area contributed by atoms with Crippen molar-refractivity contribution in [2.24, 2.45) is 0 Å². The fourth-order valence-corrected chi connectivity index (χ4v) is 1.87. The number of rotatable bonds is 1. The molecule has 0 unspecified atom stereocenters. The summed E-state index contributed by atoms with van der Waals surface area (Å²) < 4.78 is 5.37. The summed E-state index contributed by atoms with van der Waals surface area (Å²) in [6.07, 6.45) is 2.04. The summed E-state index contributed by atoms with van der Waals surface area (Å²) in [5, 5.41) is 0. The van der Waals surface area contributed by atoms with Crippen LogP contribution in [0.1, 0.15) is 33.6 Å². The SMILES string of the molecule is CN(C)[C@H]1CCCN(C(=O)OC(C)(C)C)C1. The molecule has 0 aliphatic carbocycles. The minimum absolute atomic E-state index is 0.181. The Morgan fingerprint density at radius 3 is 2.50 bits per heavy atom. The van der Waals surface area contributed by atoms with Gasteiger partial charge in [0.25, 0.3) is 0 Å². The Hall–Kier alpha value is -0.770. The van der Waals surface area contributed by atoms with Crippen LogP contribution in [0.3, 0.4) is 0 Å². The van der Waals surface area contributed by atoms with E-state index in [4.69, 9.17) is 4.74 Å². The molecule has 94 valence electrons. The number of likely N-dealkylation sites (N-methyl/N-ethyl adjacent to an activating group) is 1. The number of likely N-dealkylation sites (tertiary alicyclic amines) is 1. The van der Waals surface area contributed by atoms with Gasteiger partial charge in [0.15, 0.2) is 0 Å². The molecule has 16 heavy (non-hydrogen) atoms. The maximum absolute atomic E-state index is 11.9. The van der Waals surface area contributed by atoms with Crippen molar-refractivity contribution in [1.82, 2.24) is 9.80 Å². The fraction of sp³-hybridized carbons (Fsp3) is 0.917. The van der Waals surface area contributed by atoms with Gasteiger partial charge < -0.3 is 14.5 Å². The van der Waals surface area contributed by atoms with Gasteiger partial charge in [-0.2, -0.15) is 0 Å². The number of carbonyl (C=O) groups excluding carboxylic acids is 1. The van der Waals surface area contributed by atoms with Gasteiger partial charge in [0.1, 0.15) is 5.60 Å². The molecule has 1 amide bonds. The van der Waals surface area contributed by atoms with Crippen molar-refractivity contribution in [2.75, 3.05) is 27.2 Å². The van der Waals surface area contributed by atoms with Gasteiger partial charge in [-0.05, 0) is 47.7 Å². The zero-order chi connectivity index (χ0) is 12.3. The van der Waals surface area contributed by atoms with E-state index in [9.17, 15) is 4.79 Å². The fourth-order valence-electron chi connectivity index (χ4n) is 1.87. The lowest BCUT2D eigenvalue weighted by Crippen LogP contribution is -2.48. The third kappa shape index (κ3) is 4.00. The highest BCUT2D eigenvalue weighted by molar-refractivity contribution is 5.68. The zero-order valence-corrected chi connectivity index (χ0v) is 11.1. The molecule has 0 N–H and O–H groups in total. The molecule has 1 aliphatic heterocycles. The predicted octanol–water partition coefficient (Wildman–Crippen LogP) is 1.95. The van der Waals surface area contributed by atoms with Gasteiger partial charge in [-0.1, -0.05) is 0 Å². The average Bonchev–Trinajstić information content (AvgIpc) is 2.15. The first-order valence-corrected chi connectivity index (χ1v) is 5.94. The van der Waals surface area contributed by atoms with Crippen LogP contribution in [0.2, 0.25) is 0 Å². The van der Waals surface area contributed by atoms with E-state index >= 15 is 0 Å². The molecule has 1 saturated heterocycles. The number of ether oxygens (including phenoxy) is 1. The molecule has 0 bridgehead atoms. The molecule has 0 aromatic rings. The summed E-state index contributed by atoms with van der Waals surface area (Å²) in [7, 11) is 4.12. The van der Waals surface area contributed by atoms with Crippen molar-refractivity contribution in [2.45, 2.75) is 45.3 Å². The van der Waals surface area contributed by atoms with E-state index < -0.39 is 5.60 Å². The minimum atomic E-state index is -0.401. The van der Waals surface area contributed by atoms with Gasteiger partial charge in [-0.3, -0.25) is 0 Å². The summed E-state index contributed by atoms with van der Waals surface area (Å²) in [6.45, 7) is 7.30. The summed E-state index contributed by atoms with van der Waals surface area (Å²) in [4.78, 5) is 15.9. The molecule has 1 heterocycles. The first-order valence-electron chi connectivity index (χ1n) is 5.94. The van der Waals surface area contributed by atoms with Crippen molar-refractivity contribution < 1.29 is 9.53 Å². The van der Waals surface area contributed by atoms with E-state index in [1.54, 1.807) is 0 Å². The lowest BCUT2D eigenvalue weighted by atomic mass is 10.1. The lowest BCUT2D eigenvalue weighted by Gasteiger charge is -2.36. The second-order valence-electron chi connectivity index (χ2n) is 5.69. The van der Waals surface area contributed by atoms with Gasteiger partial charge in [-0.15, -0.1) is 0 Å². The maximum Gasteiger partial charge on any atom is 0.410 e. The van der Waals surface area contributed by atoms with E-state index in [1.165, 1.54) is 0 Å². The van der Waals surface area contributed by atoms with Crippen LogP contribution in [-0.4, -0.2) is 54.7 Å². The van der Waals surface area contributed by atoms with Crippen LogP contribution in [0.25, 0.3) is 0 Å². The van der Waals surface area contributed by atoms with Crippen LogP contribution >= 0.6 is 0 Å². The largest absolute Gasteiger partial charge is 0.444 e. The molecular weight excluding hydrogens is 204 g/mol. The van der Waals surface area contributed by atoms with Crippen LogP contribution in [0.5, 0.6) is 0 Å². The van der Waals surface area contributed by atoms with Crippen molar-refractivity contribution in [3.05, 3.63) is 0 Å². The van der Waals surface area contributed by atoms with E-state index in [0.29, 0.717) is 6.04 Å². The van der Waals surface area contributed by atoms with E-state index in [2.05, 4.69) is 19.0 Å². The van der Waals surface area contributed by atoms with Gasteiger partial charge in [0.2, 0.25) is 0 Å². The van der Waals surface area contributed by atoms with Crippen LogP contribution in [0.4, 0.5) is 4.79 Å². The van der Waals surface area contributed by atoms with E-state index in [0.717, 1.165) is 25.9 Å². The summed E-state index contributed by atoms with van der Waals surface area (Å²) in [5.41, 5.74) is -0.401. The molecule has 0 spiro atoms. The molecule has 0 aromatic heterocycles. The van der Waals surface area contributed by atoms with Crippen molar-refractivity contribution in [3.63, 3.8) is 0 Å². The van der Waals surface area contributed by atoms with Gasteiger partial charge >= 0.3 is 6.09 Å². The highest BCUT2D eigenvalue weighted by Crippen LogP contribution is 2.17. The van der Waals surface area contributed by atoms with Crippen LogP contribution < -0.4 is 0 Å². The molecule has 4 nitrogen and oxygen atoms in total. The molecule has 4 heteroatoms. The van der Waals surface area contributed by atoms with Crippen LogP contribution in [0, 0.1) is 0 Å². The summed E-state index contributed by atoms with van der Waals surface area (Å²) in [6, 6.07) is 0.460. The lowest BCUT2D eigenvalue weighted by molar-refractivity contribution is 0.0141. The standard InChI is InChI=1S/C12H24N2O2/c1-12(2,3)16-11(15)14-8-6-7-10(9-14)13(4)5/h10H,6-9H2,1-5H3/t10-/m0/s1. The van der Waals surface area contributed by atoms with E-state index in [1.807, 2.05) is 25.7 Å². The predicted molar refractivity (Wildman–Crippen MR) is 64.5 cm³/mol. The highest BCUT2D eigenvalue weighted by Gasteiger charge is 2.28. The van der Waals surface area contributed by atoms with Crippen LogP contribution in [-0.2, 0) is 4.74 Å². The Morgan fingerprint density at radius 2 is 2.00 bits per heavy atom. The Bertz CT molecular complexity index is 246. The van der Waals surface area contributed by atoms with Crippen molar-refractivity contribution >= 4 is 6.09 Å². The highest BCUT2D eigenvalue weighted by atomic mass is 16.6. The summed E-state index contributed by atoms with van der Waals surface area (Å²) >= 11 is 0. The number of hydrogen-bond acceptors (Lipinski definition) is 3. The second kappa shape index (κ2) is 5.04. The maximum atomic E-state index is 11.9. The van der Waals surface area contributed by atoms with Gasteiger partial charge in [0.05, 0.1) is 0 Å². The molecule has 0 radical (unpaired) electrons. The number of carbonyl (C=O) groups is 1. The average molecular weight is 228 g/mol. The minimum Gasteiger partial charge on any atom is -0.444 e. The van der Waals surface area contributed by atoms with Crippen molar-refractivity contribution in [1.29, 1.82) is 0 Å². The number of hydrogen-bond donors (Lipinski definition) is 0. The molecule has 1 fully saturated rings. The Morgan fingerprint density at radius 1 is 1.38 bits per heavy atom. The topological polar surface area (TPSA) is 32.8 Å². The molecular formula is C12H24N2O2. The molecule has 1 aliphatic rings. The Kier molecular flexibility index (Phi) is 4.19. The normalized spacial score (nSPS) is 22.4. The Labute approximate surface area is 98.5 Å². The zero-order valence-electron chi connectivity index (χ0n) is 11.1. The van der Waals surface area contributed by atoms with E-state index in [-0.39, 0.29) is 6.09 Å². The smallest absolute Gasteiger partial charge is 0.410 e. The summed E-state index contributed by atoms with van der Waals surface area (Å²) in [5.74, 6) is 0. The van der Waals surface area contributed by atoms with Gasteiger partial charge in [0, 0.05) is 19.1 Å². The quantitative estimate of drug-likeness (QED) is 0.687. The van der Waals surface area contributed by atoms with Crippen LogP contribution in [0.15, 0.2) is 0 Å². The number of nitrogens with zero attached hydrogens (tertiary/aromatic N) is 2. The third-order valence-electron chi connectivity index (χ3n) is 2.78. The second-order valence-corrected chi connectivity index (χ2v) is 5.69. The Balaban J connectivity index is 2.50. The molecule has 1 atom stereocenters. The monoisotopic (exact) mass is 228 g/mol. The first-order chi connectivity index (χ1) is 7.29. The molecule has 0 saturated carbocycles. The molecule has 0 aromatic carbocycles. The third-order valence-corrected chi connectivity index (χ3v) is 2.78. The van der Waals surface area contributed by atoms with Crippen molar-refractivity contribution in [3.8, 4) is 0 Å². The number of piperidine rings is 1. The first kappa shape index (κ1) is 13.3. The number of amides is 1. The van der Waals surface area contributed by atoms with Gasteiger partial charge in [-0.25, -0.2) is 4.79 Å².